The molecule has 1 saturated heterocycles. The average molecular weight is 229 g/mol. The van der Waals surface area contributed by atoms with E-state index in [0.717, 1.165) is 26.1 Å². The molecule has 0 saturated carbocycles. The standard InChI is InChI=1S/C12H23NO3/c1-3-13-8-5-6-12(15,7-9-13)10-11(14)16-4-2/h15H,3-10H2,1-2H3. The van der Waals surface area contributed by atoms with Crippen molar-refractivity contribution in [2.75, 3.05) is 26.2 Å². The van der Waals surface area contributed by atoms with Crippen LogP contribution in [0.15, 0.2) is 0 Å². The molecular weight excluding hydrogens is 206 g/mol. The molecule has 94 valence electrons. The zero-order valence-corrected chi connectivity index (χ0v) is 10.4. The molecule has 0 aromatic carbocycles. The number of carbonyl (C=O) groups is 1. The fraction of sp³-hybridized carbons (Fsp3) is 0.917. The monoisotopic (exact) mass is 229 g/mol. The van der Waals surface area contributed by atoms with Gasteiger partial charge >= 0.3 is 5.97 Å². The second-order valence-corrected chi connectivity index (χ2v) is 4.49. The van der Waals surface area contributed by atoms with Crippen LogP contribution >= 0.6 is 0 Å². The Labute approximate surface area is 97.6 Å². The third kappa shape index (κ3) is 4.10. The van der Waals surface area contributed by atoms with Gasteiger partial charge in [0.25, 0.3) is 0 Å². The Morgan fingerprint density at radius 1 is 1.38 bits per heavy atom. The summed E-state index contributed by atoms with van der Waals surface area (Å²) in [6.45, 7) is 7.18. The highest BCUT2D eigenvalue weighted by molar-refractivity contribution is 5.70. The lowest BCUT2D eigenvalue weighted by atomic mass is 9.91. The highest BCUT2D eigenvalue weighted by Crippen LogP contribution is 2.26. The topological polar surface area (TPSA) is 49.8 Å². The number of aliphatic hydroxyl groups is 1. The third-order valence-corrected chi connectivity index (χ3v) is 3.24. The lowest BCUT2D eigenvalue weighted by Gasteiger charge is -2.25. The molecule has 1 rings (SSSR count). The minimum absolute atomic E-state index is 0.137. The molecule has 0 bridgehead atoms. The van der Waals surface area contributed by atoms with Crippen molar-refractivity contribution in [3.05, 3.63) is 0 Å². The number of ether oxygens (including phenoxy) is 1. The van der Waals surface area contributed by atoms with Gasteiger partial charge in [-0.3, -0.25) is 4.79 Å². The number of hydrogen-bond donors (Lipinski definition) is 1. The van der Waals surface area contributed by atoms with Crippen molar-refractivity contribution in [2.45, 2.75) is 45.1 Å². The van der Waals surface area contributed by atoms with Crippen molar-refractivity contribution in [3.8, 4) is 0 Å². The molecule has 1 aliphatic heterocycles. The normalized spacial score (nSPS) is 27.4. The van der Waals surface area contributed by atoms with E-state index in [1.807, 2.05) is 0 Å². The molecule has 0 amide bonds. The maximum atomic E-state index is 11.4. The van der Waals surface area contributed by atoms with E-state index < -0.39 is 5.60 Å². The highest BCUT2D eigenvalue weighted by Gasteiger charge is 2.32. The van der Waals surface area contributed by atoms with Crippen molar-refractivity contribution in [1.29, 1.82) is 0 Å². The van der Waals surface area contributed by atoms with Crippen LogP contribution in [0.5, 0.6) is 0 Å². The molecule has 0 spiro atoms. The Balaban J connectivity index is 2.46. The van der Waals surface area contributed by atoms with Gasteiger partial charge in [-0.05, 0) is 39.3 Å². The lowest BCUT2D eigenvalue weighted by molar-refractivity contribution is -0.149. The quantitative estimate of drug-likeness (QED) is 0.735. The van der Waals surface area contributed by atoms with Crippen LogP contribution in [-0.4, -0.2) is 47.8 Å². The van der Waals surface area contributed by atoms with Crippen LogP contribution in [0.25, 0.3) is 0 Å². The first-order valence-electron chi connectivity index (χ1n) is 6.20. The summed E-state index contributed by atoms with van der Waals surface area (Å²) in [5, 5.41) is 10.3. The Morgan fingerprint density at radius 3 is 2.75 bits per heavy atom. The van der Waals surface area contributed by atoms with Gasteiger partial charge in [-0.1, -0.05) is 6.92 Å². The van der Waals surface area contributed by atoms with Gasteiger partial charge in [0.1, 0.15) is 0 Å². The van der Waals surface area contributed by atoms with E-state index in [4.69, 9.17) is 4.74 Å². The van der Waals surface area contributed by atoms with Gasteiger partial charge in [0.05, 0.1) is 18.6 Å². The number of nitrogens with zero attached hydrogens (tertiary/aromatic N) is 1. The first-order chi connectivity index (χ1) is 7.59. The van der Waals surface area contributed by atoms with E-state index in [1.165, 1.54) is 0 Å². The fourth-order valence-electron chi connectivity index (χ4n) is 2.21. The number of esters is 1. The molecule has 4 heteroatoms. The smallest absolute Gasteiger partial charge is 0.308 e. The number of carbonyl (C=O) groups excluding carboxylic acids is 1. The van der Waals surface area contributed by atoms with E-state index in [2.05, 4.69) is 11.8 Å². The number of rotatable bonds is 4. The number of likely N-dealkylation sites (tertiary alicyclic amines) is 1. The Bertz CT molecular complexity index is 232. The molecule has 16 heavy (non-hydrogen) atoms. The van der Waals surface area contributed by atoms with Gasteiger partial charge in [0, 0.05) is 6.54 Å². The molecule has 1 fully saturated rings. The summed E-state index contributed by atoms with van der Waals surface area (Å²) in [7, 11) is 0. The maximum Gasteiger partial charge on any atom is 0.308 e. The summed E-state index contributed by atoms with van der Waals surface area (Å²) in [6.07, 6.45) is 2.45. The summed E-state index contributed by atoms with van der Waals surface area (Å²) in [6, 6.07) is 0. The fourth-order valence-corrected chi connectivity index (χ4v) is 2.21. The van der Waals surface area contributed by atoms with Gasteiger partial charge in [0.2, 0.25) is 0 Å². The van der Waals surface area contributed by atoms with E-state index in [0.29, 0.717) is 19.4 Å². The Kier molecular flexibility index (Phi) is 5.22. The van der Waals surface area contributed by atoms with Gasteiger partial charge in [-0.2, -0.15) is 0 Å². The number of hydrogen-bond acceptors (Lipinski definition) is 4. The van der Waals surface area contributed by atoms with Gasteiger partial charge in [0.15, 0.2) is 0 Å². The molecular formula is C12H23NO3. The molecule has 0 aromatic heterocycles. The minimum atomic E-state index is -0.851. The van der Waals surface area contributed by atoms with Crippen molar-refractivity contribution >= 4 is 5.97 Å². The van der Waals surface area contributed by atoms with Crippen molar-refractivity contribution in [1.82, 2.24) is 4.90 Å². The molecule has 1 atom stereocenters. The molecule has 1 aliphatic rings. The Morgan fingerprint density at radius 2 is 2.12 bits per heavy atom. The largest absolute Gasteiger partial charge is 0.466 e. The zero-order chi connectivity index (χ0) is 12.0. The maximum absolute atomic E-state index is 11.4. The van der Waals surface area contributed by atoms with Crippen LogP contribution in [0.1, 0.15) is 39.5 Å². The molecule has 0 radical (unpaired) electrons. The van der Waals surface area contributed by atoms with E-state index in [-0.39, 0.29) is 12.4 Å². The van der Waals surface area contributed by atoms with Gasteiger partial charge in [-0.25, -0.2) is 0 Å². The van der Waals surface area contributed by atoms with Crippen LogP contribution in [0.3, 0.4) is 0 Å². The first-order valence-corrected chi connectivity index (χ1v) is 6.20. The van der Waals surface area contributed by atoms with Gasteiger partial charge in [-0.15, -0.1) is 0 Å². The van der Waals surface area contributed by atoms with Crippen molar-refractivity contribution in [2.24, 2.45) is 0 Å². The second kappa shape index (κ2) is 6.21. The van der Waals surface area contributed by atoms with Crippen molar-refractivity contribution in [3.63, 3.8) is 0 Å². The predicted molar refractivity (Wildman–Crippen MR) is 62.2 cm³/mol. The average Bonchev–Trinajstić information content (AvgIpc) is 2.40. The third-order valence-electron chi connectivity index (χ3n) is 3.24. The summed E-state index contributed by atoms with van der Waals surface area (Å²) in [5.41, 5.74) is -0.851. The van der Waals surface area contributed by atoms with Crippen LogP contribution in [0.4, 0.5) is 0 Å². The summed E-state index contributed by atoms with van der Waals surface area (Å²) in [4.78, 5) is 13.7. The molecule has 0 aliphatic carbocycles. The molecule has 0 aromatic rings. The predicted octanol–water partition coefficient (Wildman–Crippen LogP) is 1.18. The summed E-state index contributed by atoms with van der Waals surface area (Å²) in [5.74, 6) is -0.282. The summed E-state index contributed by atoms with van der Waals surface area (Å²) >= 11 is 0. The van der Waals surface area contributed by atoms with Crippen LogP contribution in [-0.2, 0) is 9.53 Å². The van der Waals surface area contributed by atoms with E-state index in [1.54, 1.807) is 6.92 Å². The van der Waals surface area contributed by atoms with E-state index in [9.17, 15) is 9.90 Å². The molecule has 4 nitrogen and oxygen atoms in total. The first kappa shape index (κ1) is 13.5. The Hall–Kier alpha value is -0.610. The SMILES string of the molecule is CCOC(=O)CC1(O)CCCN(CC)CC1. The zero-order valence-electron chi connectivity index (χ0n) is 10.4. The molecule has 1 heterocycles. The molecule has 1 unspecified atom stereocenters. The van der Waals surface area contributed by atoms with Crippen LogP contribution < -0.4 is 0 Å². The van der Waals surface area contributed by atoms with Crippen LogP contribution in [0, 0.1) is 0 Å². The van der Waals surface area contributed by atoms with Crippen LogP contribution in [0.2, 0.25) is 0 Å². The molecule has 1 N–H and O–H groups in total. The lowest BCUT2D eigenvalue weighted by Crippen LogP contribution is -2.34. The minimum Gasteiger partial charge on any atom is -0.466 e. The van der Waals surface area contributed by atoms with Crippen molar-refractivity contribution < 1.29 is 14.6 Å². The second-order valence-electron chi connectivity index (χ2n) is 4.49. The highest BCUT2D eigenvalue weighted by atomic mass is 16.5. The summed E-state index contributed by atoms with van der Waals surface area (Å²) < 4.78 is 4.89. The van der Waals surface area contributed by atoms with Gasteiger partial charge < -0.3 is 14.7 Å². The van der Waals surface area contributed by atoms with E-state index >= 15 is 0 Å².